The Labute approximate surface area is 115 Å². The first-order valence-corrected chi connectivity index (χ1v) is 7.02. The molecule has 1 heterocycles. The van der Waals surface area contributed by atoms with Gasteiger partial charge in [-0.05, 0) is 25.7 Å². The van der Waals surface area contributed by atoms with Gasteiger partial charge in [0.1, 0.15) is 12.2 Å². The molecular weight excluding hydrogens is 244 g/mol. The molecule has 0 atom stereocenters. The molecular formula is C13H26N4O2. The van der Waals surface area contributed by atoms with E-state index in [1.54, 1.807) is 0 Å². The van der Waals surface area contributed by atoms with Gasteiger partial charge in [0.2, 0.25) is 0 Å². The van der Waals surface area contributed by atoms with Gasteiger partial charge in [-0.2, -0.15) is 0 Å². The summed E-state index contributed by atoms with van der Waals surface area (Å²) in [5, 5.41) is 0. The van der Waals surface area contributed by atoms with E-state index >= 15 is 0 Å². The zero-order valence-corrected chi connectivity index (χ0v) is 12.4. The Morgan fingerprint density at radius 2 is 1.37 bits per heavy atom. The maximum Gasteiger partial charge on any atom is 0.330 e. The fourth-order valence-electron chi connectivity index (χ4n) is 2.49. The predicted octanol–water partition coefficient (Wildman–Crippen LogP) is 1.20. The minimum Gasteiger partial charge on any atom is -0.309 e. The van der Waals surface area contributed by atoms with Crippen LogP contribution in [0.5, 0.6) is 0 Å². The highest BCUT2D eigenvalue weighted by atomic mass is 16.2. The maximum absolute atomic E-state index is 12.5. The predicted molar refractivity (Wildman–Crippen MR) is 73.9 cm³/mol. The molecule has 0 aromatic carbocycles. The molecule has 0 unspecified atom stereocenters. The third-order valence-electron chi connectivity index (χ3n) is 4.40. The van der Waals surface area contributed by atoms with E-state index in [1.165, 1.54) is 9.80 Å². The molecule has 3 amide bonds. The van der Waals surface area contributed by atoms with E-state index in [1.807, 2.05) is 27.7 Å². The van der Waals surface area contributed by atoms with E-state index in [-0.39, 0.29) is 18.5 Å². The number of rotatable bonds is 6. The Kier molecular flexibility index (Phi) is 4.58. The first kappa shape index (κ1) is 15.9. The lowest BCUT2D eigenvalue weighted by Crippen LogP contribution is -2.61. The second kappa shape index (κ2) is 5.46. The number of carbonyl (C=O) groups excluding carboxylic acids is 2. The fourth-order valence-corrected chi connectivity index (χ4v) is 2.49. The summed E-state index contributed by atoms with van der Waals surface area (Å²) >= 11 is 0. The minimum absolute atomic E-state index is 0.0238. The van der Waals surface area contributed by atoms with Gasteiger partial charge >= 0.3 is 6.03 Å². The number of nitrogens with two attached hydrogens (primary N) is 2. The lowest BCUT2D eigenvalue weighted by molar-refractivity contribution is -0.130. The molecule has 6 nitrogen and oxygen atoms in total. The van der Waals surface area contributed by atoms with Crippen molar-refractivity contribution in [2.45, 2.75) is 64.7 Å². The summed E-state index contributed by atoms with van der Waals surface area (Å²) in [6, 6.07) is -0.359. The Bertz CT molecular complexity index is 362. The van der Waals surface area contributed by atoms with Crippen LogP contribution in [0.25, 0.3) is 0 Å². The molecule has 0 aromatic rings. The van der Waals surface area contributed by atoms with Gasteiger partial charge < -0.3 is 11.5 Å². The zero-order valence-electron chi connectivity index (χ0n) is 12.4. The molecule has 0 saturated carbocycles. The number of hydrogen-bond acceptors (Lipinski definition) is 4. The van der Waals surface area contributed by atoms with Crippen LogP contribution >= 0.6 is 0 Å². The summed E-state index contributed by atoms with van der Waals surface area (Å²) in [5.41, 5.74) is 10.7. The second-order valence-electron chi connectivity index (χ2n) is 5.22. The molecule has 0 radical (unpaired) electrons. The molecule has 0 spiro atoms. The van der Waals surface area contributed by atoms with Gasteiger partial charge in [-0.25, -0.2) is 9.69 Å². The van der Waals surface area contributed by atoms with Crippen LogP contribution in [-0.2, 0) is 4.79 Å². The number of amides is 3. The van der Waals surface area contributed by atoms with Gasteiger partial charge in [0, 0.05) is 0 Å². The average molecular weight is 270 g/mol. The summed E-state index contributed by atoms with van der Waals surface area (Å²) < 4.78 is 0. The third kappa shape index (κ3) is 2.47. The van der Waals surface area contributed by atoms with Crippen LogP contribution < -0.4 is 11.5 Å². The molecule has 0 bridgehead atoms. The SMILES string of the molecule is CCC(N)(CC)N1CC(=O)N(C(N)(CC)CC)C1=O. The summed E-state index contributed by atoms with van der Waals surface area (Å²) in [6.45, 7) is 7.61. The third-order valence-corrected chi connectivity index (χ3v) is 4.40. The van der Waals surface area contributed by atoms with Crippen molar-refractivity contribution in [1.29, 1.82) is 0 Å². The number of carbonyl (C=O) groups is 2. The second-order valence-corrected chi connectivity index (χ2v) is 5.22. The topological polar surface area (TPSA) is 92.7 Å². The van der Waals surface area contributed by atoms with Gasteiger partial charge in [-0.15, -0.1) is 0 Å². The van der Waals surface area contributed by atoms with E-state index in [4.69, 9.17) is 11.5 Å². The lowest BCUT2D eigenvalue weighted by atomic mass is 10.0. The van der Waals surface area contributed by atoms with Crippen LogP contribution in [0.4, 0.5) is 4.79 Å². The van der Waals surface area contributed by atoms with Crippen LogP contribution in [0.2, 0.25) is 0 Å². The Balaban J connectivity index is 3.09. The average Bonchev–Trinajstić information content (AvgIpc) is 2.73. The molecule has 19 heavy (non-hydrogen) atoms. The smallest absolute Gasteiger partial charge is 0.309 e. The molecule has 1 rings (SSSR count). The Hall–Kier alpha value is -1.14. The van der Waals surface area contributed by atoms with Crippen molar-refractivity contribution in [3.05, 3.63) is 0 Å². The van der Waals surface area contributed by atoms with Crippen LogP contribution in [-0.4, -0.2) is 39.6 Å². The fraction of sp³-hybridized carbons (Fsp3) is 0.846. The van der Waals surface area contributed by atoms with Crippen LogP contribution in [0.3, 0.4) is 0 Å². The molecule has 4 N–H and O–H groups in total. The van der Waals surface area contributed by atoms with Crippen molar-refractivity contribution < 1.29 is 9.59 Å². The van der Waals surface area contributed by atoms with Crippen molar-refractivity contribution in [1.82, 2.24) is 9.80 Å². The summed E-state index contributed by atoms with van der Waals surface area (Å²) in [6.07, 6.45) is 2.27. The Morgan fingerprint density at radius 1 is 0.947 bits per heavy atom. The van der Waals surface area contributed by atoms with E-state index in [0.717, 1.165) is 0 Å². The summed E-state index contributed by atoms with van der Waals surface area (Å²) in [5.74, 6) is -0.257. The van der Waals surface area contributed by atoms with E-state index in [0.29, 0.717) is 25.7 Å². The van der Waals surface area contributed by atoms with Gasteiger partial charge in [0.25, 0.3) is 5.91 Å². The van der Waals surface area contributed by atoms with Gasteiger partial charge in [-0.3, -0.25) is 9.69 Å². The van der Waals surface area contributed by atoms with E-state index in [2.05, 4.69) is 0 Å². The highest BCUT2D eigenvalue weighted by Gasteiger charge is 2.50. The molecule has 0 aromatic heterocycles. The van der Waals surface area contributed by atoms with Crippen molar-refractivity contribution in [2.75, 3.05) is 6.54 Å². The standard InChI is InChI=1S/C13H26N4O2/c1-5-12(14,6-2)16-9-10(18)17(11(16)19)13(15,7-3)8-4/h5-9,14-15H2,1-4H3. The maximum atomic E-state index is 12.5. The van der Waals surface area contributed by atoms with E-state index in [9.17, 15) is 9.59 Å². The van der Waals surface area contributed by atoms with Crippen molar-refractivity contribution >= 4 is 11.9 Å². The molecule has 1 fully saturated rings. The first-order valence-electron chi connectivity index (χ1n) is 7.02. The van der Waals surface area contributed by atoms with Gasteiger partial charge in [0.05, 0.1) is 5.66 Å². The summed E-state index contributed by atoms with van der Waals surface area (Å²) in [4.78, 5) is 27.3. The van der Waals surface area contributed by atoms with E-state index < -0.39 is 11.3 Å². The quantitative estimate of drug-likeness (QED) is 0.709. The largest absolute Gasteiger partial charge is 0.330 e. The molecule has 110 valence electrons. The molecule has 1 aliphatic heterocycles. The minimum atomic E-state index is -0.911. The number of hydrogen-bond donors (Lipinski definition) is 2. The number of urea groups is 1. The molecule has 1 saturated heterocycles. The van der Waals surface area contributed by atoms with Crippen molar-refractivity contribution in [3.8, 4) is 0 Å². The van der Waals surface area contributed by atoms with Crippen LogP contribution in [0.1, 0.15) is 53.4 Å². The highest BCUT2D eigenvalue weighted by molar-refractivity contribution is 6.03. The Morgan fingerprint density at radius 3 is 1.74 bits per heavy atom. The van der Waals surface area contributed by atoms with Crippen molar-refractivity contribution in [3.63, 3.8) is 0 Å². The first-order chi connectivity index (χ1) is 8.79. The summed E-state index contributed by atoms with van der Waals surface area (Å²) in [7, 11) is 0. The molecule has 0 aliphatic carbocycles. The molecule has 1 aliphatic rings. The number of nitrogens with zero attached hydrogens (tertiary/aromatic N) is 2. The van der Waals surface area contributed by atoms with Gasteiger partial charge in [-0.1, -0.05) is 27.7 Å². The molecule has 6 heteroatoms. The number of imide groups is 1. The van der Waals surface area contributed by atoms with Crippen LogP contribution in [0.15, 0.2) is 0 Å². The van der Waals surface area contributed by atoms with Crippen LogP contribution in [0, 0.1) is 0 Å². The van der Waals surface area contributed by atoms with Gasteiger partial charge in [0.15, 0.2) is 0 Å². The highest BCUT2D eigenvalue weighted by Crippen LogP contribution is 2.29. The monoisotopic (exact) mass is 270 g/mol. The lowest BCUT2D eigenvalue weighted by Gasteiger charge is -2.39. The van der Waals surface area contributed by atoms with Crippen molar-refractivity contribution in [2.24, 2.45) is 11.5 Å². The zero-order chi connectivity index (χ0) is 14.8. The normalized spacial score (nSPS) is 17.6.